The molecule has 3 rings (SSSR count). The van der Waals surface area contributed by atoms with Crippen molar-refractivity contribution >= 4 is 29.3 Å². The van der Waals surface area contributed by atoms with Crippen LogP contribution in [-0.2, 0) is 9.53 Å². The number of methoxy groups -OCH3 is 1. The number of rotatable bonds is 6. The number of hydrogen-bond acceptors (Lipinski definition) is 6. The Morgan fingerprint density at radius 2 is 1.85 bits per heavy atom. The Balaban J connectivity index is 1.60. The Hall–Kier alpha value is -3.13. The molecule has 1 amide bonds. The zero-order valence-corrected chi connectivity index (χ0v) is 14.7. The largest absolute Gasteiger partial charge is 0.465 e. The van der Waals surface area contributed by atoms with Crippen LogP contribution in [0.1, 0.15) is 10.4 Å². The van der Waals surface area contributed by atoms with E-state index in [1.54, 1.807) is 24.3 Å². The molecule has 2 aromatic carbocycles. The number of aromatic nitrogens is 3. The number of esters is 1. The number of aromatic amines is 1. The number of carbonyl (C=O) groups is 2. The summed E-state index contributed by atoms with van der Waals surface area (Å²) in [6.07, 6.45) is 0. The third kappa shape index (κ3) is 4.28. The highest BCUT2D eigenvalue weighted by Gasteiger charge is 2.14. The van der Waals surface area contributed by atoms with Crippen molar-refractivity contribution in [2.24, 2.45) is 0 Å². The average Bonchev–Trinajstić information content (AvgIpc) is 3.16. The van der Waals surface area contributed by atoms with Gasteiger partial charge in [0.1, 0.15) is 0 Å². The highest BCUT2D eigenvalue weighted by molar-refractivity contribution is 7.99. The van der Waals surface area contributed by atoms with E-state index in [9.17, 15) is 9.59 Å². The van der Waals surface area contributed by atoms with Gasteiger partial charge in [-0.05, 0) is 12.1 Å². The molecule has 7 nitrogen and oxygen atoms in total. The van der Waals surface area contributed by atoms with Crippen molar-refractivity contribution in [2.45, 2.75) is 5.16 Å². The third-order valence-corrected chi connectivity index (χ3v) is 4.30. The van der Waals surface area contributed by atoms with E-state index in [0.717, 1.165) is 5.56 Å². The maximum atomic E-state index is 12.2. The van der Waals surface area contributed by atoms with Gasteiger partial charge in [0.2, 0.25) is 11.1 Å². The van der Waals surface area contributed by atoms with Crippen LogP contribution in [0.15, 0.2) is 59.8 Å². The molecule has 3 aromatic rings. The van der Waals surface area contributed by atoms with Crippen molar-refractivity contribution in [1.29, 1.82) is 0 Å². The van der Waals surface area contributed by atoms with E-state index >= 15 is 0 Å². The van der Waals surface area contributed by atoms with E-state index in [1.165, 1.54) is 18.9 Å². The quantitative estimate of drug-likeness (QED) is 0.513. The number of ether oxygens (including phenoxy) is 1. The van der Waals surface area contributed by atoms with Gasteiger partial charge in [0.15, 0.2) is 5.82 Å². The fourth-order valence-electron chi connectivity index (χ4n) is 2.23. The maximum Gasteiger partial charge on any atom is 0.339 e. The van der Waals surface area contributed by atoms with Crippen LogP contribution >= 0.6 is 11.8 Å². The predicted molar refractivity (Wildman–Crippen MR) is 99.0 cm³/mol. The first-order chi connectivity index (χ1) is 12.7. The number of nitrogens with one attached hydrogen (secondary N) is 2. The molecule has 0 aliphatic rings. The van der Waals surface area contributed by atoms with Crippen LogP contribution in [0, 0.1) is 0 Å². The number of para-hydroxylation sites is 1. The molecule has 1 aromatic heterocycles. The van der Waals surface area contributed by atoms with Gasteiger partial charge in [-0.2, -0.15) is 0 Å². The Bertz CT molecular complexity index is 912. The normalized spacial score (nSPS) is 10.3. The van der Waals surface area contributed by atoms with Crippen LogP contribution in [0.3, 0.4) is 0 Å². The molecule has 0 aliphatic heterocycles. The Morgan fingerprint density at radius 1 is 1.12 bits per heavy atom. The first-order valence-corrected chi connectivity index (χ1v) is 8.74. The Morgan fingerprint density at radius 3 is 2.62 bits per heavy atom. The molecule has 0 radical (unpaired) electrons. The van der Waals surface area contributed by atoms with Crippen LogP contribution in [0.5, 0.6) is 0 Å². The van der Waals surface area contributed by atoms with E-state index < -0.39 is 5.97 Å². The van der Waals surface area contributed by atoms with E-state index in [4.69, 9.17) is 4.74 Å². The van der Waals surface area contributed by atoms with Gasteiger partial charge in [-0.15, -0.1) is 5.10 Å². The molecule has 0 saturated carbocycles. The molecule has 0 fully saturated rings. The second-order valence-electron chi connectivity index (χ2n) is 5.21. The van der Waals surface area contributed by atoms with Crippen molar-refractivity contribution in [2.75, 3.05) is 18.2 Å². The second-order valence-corrected chi connectivity index (χ2v) is 6.15. The molecule has 0 unspecified atom stereocenters. The second kappa shape index (κ2) is 8.30. The Labute approximate surface area is 154 Å². The molecule has 1 heterocycles. The highest BCUT2D eigenvalue weighted by Crippen LogP contribution is 2.20. The molecule has 8 heteroatoms. The number of anilines is 1. The number of nitrogens with zero attached hydrogens (tertiary/aromatic N) is 2. The number of amides is 1. The maximum absolute atomic E-state index is 12.2. The van der Waals surface area contributed by atoms with Crippen molar-refractivity contribution in [3.05, 3.63) is 60.2 Å². The zero-order valence-electron chi connectivity index (χ0n) is 13.9. The molecule has 0 saturated heterocycles. The number of hydrogen-bond donors (Lipinski definition) is 2. The van der Waals surface area contributed by atoms with Gasteiger partial charge in [0, 0.05) is 5.56 Å². The lowest BCUT2D eigenvalue weighted by molar-refractivity contribution is -0.113. The van der Waals surface area contributed by atoms with Gasteiger partial charge in [-0.25, -0.2) is 9.78 Å². The summed E-state index contributed by atoms with van der Waals surface area (Å²) in [7, 11) is 1.30. The zero-order chi connectivity index (χ0) is 18.4. The lowest BCUT2D eigenvalue weighted by Crippen LogP contribution is -2.17. The molecule has 132 valence electrons. The molecule has 0 bridgehead atoms. The molecule has 0 aliphatic carbocycles. The summed E-state index contributed by atoms with van der Waals surface area (Å²) in [5.74, 6) is -0.0151. The van der Waals surface area contributed by atoms with Crippen LogP contribution in [0.4, 0.5) is 5.69 Å². The number of thioether (sulfide) groups is 1. The standard InChI is InChI=1S/C18H16N4O3S/c1-25-17(24)13-9-5-6-10-14(13)19-15(23)11-26-18-20-16(21-22-18)12-7-3-2-4-8-12/h2-10H,11H2,1H3,(H,19,23)(H,20,21,22). The lowest BCUT2D eigenvalue weighted by atomic mass is 10.2. The number of H-pyrrole nitrogens is 1. The van der Waals surface area contributed by atoms with E-state index in [1.807, 2.05) is 30.3 Å². The predicted octanol–water partition coefficient (Wildman–Crippen LogP) is 2.99. The van der Waals surface area contributed by atoms with Gasteiger partial charge >= 0.3 is 5.97 Å². The van der Waals surface area contributed by atoms with Gasteiger partial charge in [0.05, 0.1) is 24.1 Å². The summed E-state index contributed by atoms with van der Waals surface area (Å²) in [5.41, 5.74) is 1.63. The van der Waals surface area contributed by atoms with Crippen LogP contribution < -0.4 is 5.32 Å². The summed E-state index contributed by atoms with van der Waals surface area (Å²) >= 11 is 1.20. The van der Waals surface area contributed by atoms with Crippen LogP contribution in [0.25, 0.3) is 11.4 Å². The summed E-state index contributed by atoms with van der Waals surface area (Å²) in [5, 5.41) is 10.1. The first-order valence-electron chi connectivity index (χ1n) is 7.75. The first kappa shape index (κ1) is 17.7. The highest BCUT2D eigenvalue weighted by atomic mass is 32.2. The van der Waals surface area contributed by atoms with E-state index in [0.29, 0.717) is 22.2 Å². The summed E-state index contributed by atoms with van der Waals surface area (Å²) in [6, 6.07) is 16.3. The minimum atomic E-state index is -0.505. The van der Waals surface area contributed by atoms with Gasteiger partial charge in [-0.3, -0.25) is 9.89 Å². The summed E-state index contributed by atoms with van der Waals surface area (Å²) in [6.45, 7) is 0. The van der Waals surface area contributed by atoms with E-state index in [-0.39, 0.29) is 11.7 Å². The van der Waals surface area contributed by atoms with Crippen LogP contribution in [0.2, 0.25) is 0 Å². The van der Waals surface area contributed by atoms with Crippen molar-refractivity contribution in [3.8, 4) is 11.4 Å². The number of carbonyl (C=O) groups excluding carboxylic acids is 2. The fourth-order valence-corrected chi connectivity index (χ4v) is 2.83. The third-order valence-electron chi connectivity index (χ3n) is 3.45. The van der Waals surface area contributed by atoms with Crippen molar-refractivity contribution < 1.29 is 14.3 Å². The molecular formula is C18H16N4O3S. The monoisotopic (exact) mass is 368 g/mol. The van der Waals surface area contributed by atoms with Crippen molar-refractivity contribution in [1.82, 2.24) is 15.2 Å². The molecule has 26 heavy (non-hydrogen) atoms. The van der Waals surface area contributed by atoms with Gasteiger partial charge < -0.3 is 10.1 Å². The fraction of sp³-hybridized carbons (Fsp3) is 0.111. The van der Waals surface area contributed by atoms with Gasteiger partial charge in [-0.1, -0.05) is 54.2 Å². The number of benzene rings is 2. The molecular weight excluding hydrogens is 352 g/mol. The Kier molecular flexibility index (Phi) is 5.65. The molecule has 2 N–H and O–H groups in total. The van der Waals surface area contributed by atoms with E-state index in [2.05, 4.69) is 20.5 Å². The minimum Gasteiger partial charge on any atom is -0.465 e. The van der Waals surface area contributed by atoms with Crippen molar-refractivity contribution in [3.63, 3.8) is 0 Å². The minimum absolute atomic E-state index is 0.113. The molecule has 0 atom stereocenters. The lowest BCUT2D eigenvalue weighted by Gasteiger charge is -2.08. The summed E-state index contributed by atoms with van der Waals surface area (Å²) < 4.78 is 4.71. The summed E-state index contributed by atoms with van der Waals surface area (Å²) in [4.78, 5) is 28.3. The molecule has 0 spiro atoms. The average molecular weight is 368 g/mol. The van der Waals surface area contributed by atoms with Gasteiger partial charge in [0.25, 0.3) is 0 Å². The topological polar surface area (TPSA) is 97.0 Å². The smallest absolute Gasteiger partial charge is 0.339 e. The van der Waals surface area contributed by atoms with Crippen LogP contribution in [-0.4, -0.2) is 39.9 Å². The SMILES string of the molecule is COC(=O)c1ccccc1NC(=O)CSc1n[nH]c(-c2ccccc2)n1.